The molecule has 0 aromatic heterocycles. The first-order valence-corrected chi connectivity index (χ1v) is 19.0. The van der Waals surface area contributed by atoms with Crippen LogP contribution in [0.4, 0.5) is 4.79 Å². The lowest BCUT2D eigenvalue weighted by Gasteiger charge is -2.64. The monoisotopic (exact) mass is 646 g/mol. The molecular formula is C36H58N2O6S. The Hall–Kier alpha value is -1.68. The summed E-state index contributed by atoms with van der Waals surface area (Å²) in [4.78, 5) is 12.6. The molecule has 4 aliphatic carbocycles. The van der Waals surface area contributed by atoms with Crippen LogP contribution in [0.2, 0.25) is 0 Å². The van der Waals surface area contributed by atoms with Crippen molar-refractivity contribution in [1.29, 1.82) is 0 Å². The van der Waals surface area contributed by atoms with Crippen molar-refractivity contribution in [2.45, 2.75) is 115 Å². The summed E-state index contributed by atoms with van der Waals surface area (Å²) in [7, 11) is -4.07. The van der Waals surface area contributed by atoms with Gasteiger partial charge in [0, 0.05) is 12.0 Å². The number of urea groups is 1. The average Bonchev–Trinajstić information content (AvgIpc) is 3.38. The van der Waals surface area contributed by atoms with Gasteiger partial charge in [-0.3, -0.25) is 0 Å². The smallest absolute Gasteiger partial charge is 0.328 e. The molecular weight excluding hydrogens is 588 g/mol. The molecule has 5 N–H and O–H groups in total. The number of rotatable bonds is 10. The van der Waals surface area contributed by atoms with Gasteiger partial charge in [-0.15, -0.1) is 0 Å². The molecule has 4 saturated carbocycles. The van der Waals surface area contributed by atoms with E-state index in [9.17, 15) is 28.5 Å². The molecule has 9 heteroatoms. The minimum Gasteiger partial charge on any atom is -0.395 e. The summed E-state index contributed by atoms with van der Waals surface area (Å²) in [6.07, 6.45) is 11.6. The molecule has 4 aliphatic rings. The van der Waals surface area contributed by atoms with Crippen LogP contribution in [-0.4, -0.2) is 55.6 Å². The zero-order valence-electron chi connectivity index (χ0n) is 28.1. The molecule has 0 saturated heterocycles. The zero-order valence-corrected chi connectivity index (χ0v) is 28.9. The highest BCUT2D eigenvalue weighted by Crippen LogP contribution is 2.69. The first-order valence-electron chi connectivity index (χ1n) is 17.6. The Kier molecular flexibility index (Phi) is 10.1. The Bertz CT molecular complexity index is 1300. The fourth-order valence-electron chi connectivity index (χ4n) is 11.1. The number of aliphatic hydroxyl groups excluding tert-OH is 3. The molecule has 0 spiro atoms. The van der Waals surface area contributed by atoms with Gasteiger partial charge in [-0.05, 0) is 115 Å². The summed E-state index contributed by atoms with van der Waals surface area (Å²) in [5.74, 6) is 3.49. The quantitative estimate of drug-likeness (QED) is 0.225. The molecule has 8 nitrogen and oxygen atoms in total. The van der Waals surface area contributed by atoms with Crippen molar-refractivity contribution in [2.24, 2.45) is 52.3 Å². The van der Waals surface area contributed by atoms with Crippen LogP contribution in [0.15, 0.2) is 29.2 Å². The lowest BCUT2D eigenvalue weighted by molar-refractivity contribution is -0.194. The molecule has 10 atom stereocenters. The van der Waals surface area contributed by atoms with Gasteiger partial charge in [-0.1, -0.05) is 66.0 Å². The summed E-state index contributed by atoms with van der Waals surface area (Å²) >= 11 is 0. The SMILES string of the molecule is CC[C@H]1[C@@H](O)[C@@H]2[C@H](CC[C@]3(C)C([C@H](C)CCNC(=O)NS(=O)(=O)c4ccc(C(C)(CO)CO)cc4)CC[C@@H]23)[C@@]2(C)CCCC[C@@H]12. The molecule has 2 amide bonds. The predicted octanol–water partition coefficient (Wildman–Crippen LogP) is 5.60. The van der Waals surface area contributed by atoms with E-state index in [1.165, 1.54) is 57.1 Å². The normalized spacial score (nSPS) is 37.2. The molecule has 0 aliphatic heterocycles. The van der Waals surface area contributed by atoms with Crippen molar-refractivity contribution in [3.05, 3.63) is 29.8 Å². The lowest BCUT2D eigenvalue weighted by Crippen LogP contribution is -2.61. The maximum absolute atomic E-state index is 12.9. The third-order valence-electron chi connectivity index (χ3n) is 13.8. The topological polar surface area (TPSA) is 136 Å². The van der Waals surface area contributed by atoms with Crippen molar-refractivity contribution in [3.8, 4) is 0 Å². The van der Waals surface area contributed by atoms with E-state index in [4.69, 9.17) is 0 Å². The molecule has 0 radical (unpaired) electrons. The van der Waals surface area contributed by atoms with Crippen molar-refractivity contribution >= 4 is 16.1 Å². The van der Waals surface area contributed by atoms with E-state index in [0.717, 1.165) is 19.3 Å². The molecule has 0 heterocycles. The minimum atomic E-state index is -4.07. The molecule has 0 bridgehead atoms. The third kappa shape index (κ3) is 6.09. The van der Waals surface area contributed by atoms with E-state index >= 15 is 0 Å². The van der Waals surface area contributed by atoms with Gasteiger partial charge >= 0.3 is 6.03 Å². The highest BCUT2D eigenvalue weighted by Gasteiger charge is 2.64. The average molecular weight is 647 g/mol. The number of hydrogen-bond donors (Lipinski definition) is 5. The number of hydrogen-bond acceptors (Lipinski definition) is 6. The second-order valence-corrected chi connectivity index (χ2v) is 17.7. The Morgan fingerprint density at radius 2 is 1.64 bits per heavy atom. The molecule has 1 unspecified atom stereocenters. The van der Waals surface area contributed by atoms with Gasteiger partial charge < -0.3 is 20.6 Å². The first-order chi connectivity index (χ1) is 21.3. The summed E-state index contributed by atoms with van der Waals surface area (Å²) < 4.78 is 27.8. The van der Waals surface area contributed by atoms with Crippen molar-refractivity contribution in [2.75, 3.05) is 19.8 Å². The van der Waals surface area contributed by atoms with Crippen molar-refractivity contribution in [3.63, 3.8) is 0 Å². The van der Waals surface area contributed by atoms with E-state index in [1.54, 1.807) is 19.1 Å². The highest BCUT2D eigenvalue weighted by molar-refractivity contribution is 7.90. The number of amides is 2. The van der Waals surface area contributed by atoms with Gasteiger partial charge in [-0.2, -0.15) is 0 Å². The van der Waals surface area contributed by atoms with E-state index in [1.807, 2.05) is 0 Å². The number of fused-ring (bicyclic) bond motifs is 5. The van der Waals surface area contributed by atoms with Crippen LogP contribution in [0.5, 0.6) is 0 Å². The molecule has 5 rings (SSSR count). The largest absolute Gasteiger partial charge is 0.395 e. The number of benzene rings is 1. The highest BCUT2D eigenvalue weighted by atomic mass is 32.2. The number of nitrogens with one attached hydrogen (secondary N) is 2. The fraction of sp³-hybridized carbons (Fsp3) is 0.806. The van der Waals surface area contributed by atoms with Gasteiger partial charge in [-0.25, -0.2) is 17.9 Å². The van der Waals surface area contributed by atoms with Crippen LogP contribution >= 0.6 is 0 Å². The number of aliphatic hydroxyl groups is 3. The Balaban J connectivity index is 1.18. The second kappa shape index (κ2) is 13.1. The Labute approximate surface area is 271 Å². The van der Waals surface area contributed by atoms with E-state index < -0.39 is 21.5 Å². The van der Waals surface area contributed by atoms with Gasteiger partial charge in [0.1, 0.15) is 0 Å². The van der Waals surface area contributed by atoms with Crippen LogP contribution in [0.3, 0.4) is 0 Å². The fourth-order valence-corrected chi connectivity index (χ4v) is 12.0. The first kappa shape index (κ1) is 34.6. The molecule has 1 aromatic carbocycles. The van der Waals surface area contributed by atoms with Gasteiger partial charge in [0.15, 0.2) is 0 Å². The zero-order chi connectivity index (χ0) is 32.8. The molecule has 4 fully saturated rings. The lowest BCUT2D eigenvalue weighted by atomic mass is 9.41. The van der Waals surface area contributed by atoms with Crippen molar-refractivity contribution < 1.29 is 28.5 Å². The maximum atomic E-state index is 12.9. The summed E-state index contributed by atoms with van der Waals surface area (Å²) in [6.45, 7) is 11.1. The molecule has 254 valence electrons. The summed E-state index contributed by atoms with van der Waals surface area (Å²) in [5.41, 5.74) is 0.256. The Morgan fingerprint density at radius 1 is 0.978 bits per heavy atom. The third-order valence-corrected chi connectivity index (χ3v) is 15.1. The van der Waals surface area contributed by atoms with E-state index in [-0.39, 0.29) is 29.6 Å². The second-order valence-electron chi connectivity index (χ2n) is 16.0. The minimum absolute atomic E-state index is 0.0582. The molecule has 45 heavy (non-hydrogen) atoms. The van der Waals surface area contributed by atoms with Crippen LogP contribution in [0, 0.1) is 52.3 Å². The summed E-state index contributed by atoms with van der Waals surface area (Å²) in [6, 6.07) is 5.11. The number of carbonyl (C=O) groups is 1. The molecule has 1 aromatic rings. The predicted molar refractivity (Wildman–Crippen MR) is 176 cm³/mol. The van der Waals surface area contributed by atoms with Crippen molar-refractivity contribution in [1.82, 2.24) is 10.0 Å². The maximum Gasteiger partial charge on any atom is 0.328 e. The standard InChI is InChI=1S/C36H58N2O6S/c1-6-26-28-9-7-8-18-35(28,4)30-16-19-36(5)27(14-15-29(36)31(30)32(26)41)23(2)17-20-37-33(42)38-45(43,44)25-12-10-24(11-13-25)34(3,21-39)22-40/h10-13,23,26-32,39-41H,6-9,14-22H2,1-5H3,(H2,37,38,42)/t23-,26-,27?,28+,29+,30+,31+,32-,35+,36-/m1/s1. The number of carbonyl (C=O) groups excluding carboxylic acids is 1. The number of sulfonamides is 1. The van der Waals surface area contributed by atoms with Gasteiger partial charge in [0.05, 0.1) is 24.2 Å². The van der Waals surface area contributed by atoms with E-state index in [0.29, 0.717) is 58.9 Å². The van der Waals surface area contributed by atoms with Crippen LogP contribution < -0.4 is 10.0 Å². The van der Waals surface area contributed by atoms with Gasteiger partial charge in [0.25, 0.3) is 10.0 Å². The van der Waals surface area contributed by atoms with E-state index in [2.05, 4.69) is 37.7 Å². The van der Waals surface area contributed by atoms with Crippen LogP contribution in [0.25, 0.3) is 0 Å². The van der Waals surface area contributed by atoms with Gasteiger partial charge in [0.2, 0.25) is 0 Å². The Morgan fingerprint density at radius 3 is 2.29 bits per heavy atom. The van der Waals surface area contributed by atoms with Crippen LogP contribution in [-0.2, 0) is 15.4 Å². The summed E-state index contributed by atoms with van der Waals surface area (Å²) in [5, 5.41) is 33.9. The van der Waals surface area contributed by atoms with Crippen LogP contribution in [0.1, 0.15) is 104 Å².